The van der Waals surface area contributed by atoms with Crippen molar-refractivity contribution in [2.45, 2.75) is 12.5 Å². The molecular weight excluding hydrogens is 266 g/mol. The van der Waals surface area contributed by atoms with Crippen LogP contribution < -0.4 is 5.73 Å². The zero-order valence-corrected chi connectivity index (χ0v) is 11.3. The van der Waals surface area contributed by atoms with Gasteiger partial charge in [-0.15, -0.1) is 0 Å². The van der Waals surface area contributed by atoms with Crippen molar-refractivity contribution in [2.75, 3.05) is 0 Å². The molecule has 0 spiro atoms. The van der Waals surface area contributed by atoms with Crippen molar-refractivity contribution in [1.82, 2.24) is 10.1 Å². The van der Waals surface area contributed by atoms with Gasteiger partial charge in [-0.1, -0.05) is 47.6 Å². The Bertz CT molecular complexity index is 708. The van der Waals surface area contributed by atoms with Gasteiger partial charge in [0, 0.05) is 5.56 Å². The highest BCUT2D eigenvalue weighted by molar-refractivity contribution is 5.53. The molecule has 1 heterocycles. The van der Waals surface area contributed by atoms with Crippen molar-refractivity contribution in [3.63, 3.8) is 0 Å². The Balaban J connectivity index is 1.75. The quantitative estimate of drug-likeness (QED) is 0.768. The Kier molecular flexibility index (Phi) is 3.66. The number of aromatic hydroxyl groups is 1. The van der Waals surface area contributed by atoms with E-state index in [1.807, 2.05) is 42.5 Å². The fourth-order valence-electron chi connectivity index (χ4n) is 2.06. The van der Waals surface area contributed by atoms with Crippen molar-refractivity contribution in [2.24, 2.45) is 5.73 Å². The lowest BCUT2D eigenvalue weighted by Crippen LogP contribution is -2.13. The third-order valence-corrected chi connectivity index (χ3v) is 3.18. The summed E-state index contributed by atoms with van der Waals surface area (Å²) < 4.78 is 5.24. The summed E-state index contributed by atoms with van der Waals surface area (Å²) in [6.07, 6.45) is 0.566. The molecular formula is C16H15N3O2. The Morgan fingerprint density at radius 3 is 2.48 bits per heavy atom. The SMILES string of the molecule is NC(Cc1ccc(O)cc1)c1nc(-c2ccccc2)no1. The van der Waals surface area contributed by atoms with Crippen LogP contribution in [0.25, 0.3) is 11.4 Å². The summed E-state index contributed by atoms with van der Waals surface area (Å²) >= 11 is 0. The summed E-state index contributed by atoms with van der Waals surface area (Å²) in [6.45, 7) is 0. The van der Waals surface area contributed by atoms with Crippen LogP contribution in [0, 0.1) is 0 Å². The first-order valence-corrected chi connectivity index (χ1v) is 6.65. The second-order valence-electron chi connectivity index (χ2n) is 4.80. The van der Waals surface area contributed by atoms with Crippen LogP contribution in [-0.2, 0) is 6.42 Å². The Morgan fingerprint density at radius 2 is 1.76 bits per heavy atom. The molecule has 2 aromatic carbocycles. The molecule has 0 saturated heterocycles. The van der Waals surface area contributed by atoms with Crippen LogP contribution in [0.15, 0.2) is 59.1 Å². The zero-order valence-electron chi connectivity index (χ0n) is 11.3. The molecule has 0 fully saturated rings. The third-order valence-electron chi connectivity index (χ3n) is 3.18. The van der Waals surface area contributed by atoms with Gasteiger partial charge in [0.2, 0.25) is 11.7 Å². The van der Waals surface area contributed by atoms with Gasteiger partial charge in [-0.05, 0) is 24.1 Å². The normalized spacial score (nSPS) is 12.2. The molecule has 0 bridgehead atoms. The van der Waals surface area contributed by atoms with E-state index in [2.05, 4.69) is 10.1 Å². The molecule has 21 heavy (non-hydrogen) atoms. The molecule has 0 aliphatic carbocycles. The summed E-state index contributed by atoms with van der Waals surface area (Å²) in [5.74, 6) is 1.17. The predicted octanol–water partition coefficient (Wildman–Crippen LogP) is 2.68. The standard InChI is InChI=1S/C16H15N3O2/c17-14(10-11-6-8-13(20)9-7-11)16-18-15(19-21-16)12-4-2-1-3-5-12/h1-9,14,20H,10,17H2. The predicted molar refractivity (Wildman–Crippen MR) is 78.5 cm³/mol. The van der Waals surface area contributed by atoms with E-state index < -0.39 is 0 Å². The van der Waals surface area contributed by atoms with Gasteiger partial charge in [0.1, 0.15) is 5.75 Å². The summed E-state index contributed by atoms with van der Waals surface area (Å²) in [7, 11) is 0. The summed E-state index contributed by atoms with van der Waals surface area (Å²) in [5.41, 5.74) is 7.99. The maximum Gasteiger partial charge on any atom is 0.244 e. The van der Waals surface area contributed by atoms with Crippen molar-refractivity contribution in [3.05, 3.63) is 66.1 Å². The Morgan fingerprint density at radius 1 is 1.05 bits per heavy atom. The zero-order chi connectivity index (χ0) is 14.7. The number of nitrogens with two attached hydrogens (primary N) is 1. The van der Waals surface area contributed by atoms with Gasteiger partial charge in [0.15, 0.2) is 0 Å². The van der Waals surface area contributed by atoms with E-state index in [0.29, 0.717) is 18.1 Å². The van der Waals surface area contributed by atoms with E-state index in [-0.39, 0.29) is 11.8 Å². The van der Waals surface area contributed by atoms with Gasteiger partial charge in [0.05, 0.1) is 6.04 Å². The fraction of sp³-hybridized carbons (Fsp3) is 0.125. The van der Waals surface area contributed by atoms with Crippen LogP contribution in [0.3, 0.4) is 0 Å². The number of hydrogen-bond donors (Lipinski definition) is 2. The fourth-order valence-corrected chi connectivity index (χ4v) is 2.06. The average molecular weight is 281 g/mol. The number of hydrogen-bond acceptors (Lipinski definition) is 5. The van der Waals surface area contributed by atoms with Gasteiger partial charge < -0.3 is 15.4 Å². The van der Waals surface area contributed by atoms with Gasteiger partial charge in [0.25, 0.3) is 0 Å². The van der Waals surface area contributed by atoms with Gasteiger partial charge in [-0.25, -0.2) is 0 Å². The molecule has 3 N–H and O–H groups in total. The third kappa shape index (κ3) is 3.09. The molecule has 3 aromatic rings. The average Bonchev–Trinajstić information content (AvgIpc) is 3.00. The van der Waals surface area contributed by atoms with Crippen LogP contribution in [0.2, 0.25) is 0 Å². The highest BCUT2D eigenvalue weighted by Crippen LogP contribution is 2.20. The number of phenols is 1. The summed E-state index contributed by atoms with van der Waals surface area (Å²) in [6, 6.07) is 16.1. The lowest BCUT2D eigenvalue weighted by Gasteiger charge is -2.06. The van der Waals surface area contributed by atoms with Crippen molar-refractivity contribution in [3.8, 4) is 17.1 Å². The van der Waals surface area contributed by atoms with Crippen molar-refractivity contribution < 1.29 is 9.63 Å². The molecule has 0 aliphatic heterocycles. The van der Waals surface area contributed by atoms with E-state index in [1.165, 1.54) is 0 Å². The maximum atomic E-state index is 9.27. The van der Waals surface area contributed by atoms with E-state index in [0.717, 1.165) is 11.1 Å². The van der Waals surface area contributed by atoms with Gasteiger partial charge >= 0.3 is 0 Å². The molecule has 106 valence electrons. The first kappa shape index (κ1) is 13.3. The number of phenolic OH excluding ortho intramolecular Hbond substituents is 1. The molecule has 1 aromatic heterocycles. The molecule has 3 rings (SSSR count). The van der Waals surface area contributed by atoms with Crippen LogP contribution in [-0.4, -0.2) is 15.2 Å². The highest BCUT2D eigenvalue weighted by Gasteiger charge is 2.16. The molecule has 5 heteroatoms. The minimum Gasteiger partial charge on any atom is -0.508 e. The van der Waals surface area contributed by atoms with Gasteiger partial charge in [-0.2, -0.15) is 4.98 Å². The lowest BCUT2D eigenvalue weighted by molar-refractivity contribution is 0.354. The number of aromatic nitrogens is 2. The minimum absolute atomic E-state index is 0.233. The minimum atomic E-state index is -0.375. The van der Waals surface area contributed by atoms with E-state index in [9.17, 15) is 5.11 Å². The molecule has 1 atom stereocenters. The molecule has 0 radical (unpaired) electrons. The molecule has 0 amide bonds. The largest absolute Gasteiger partial charge is 0.508 e. The second kappa shape index (κ2) is 5.76. The van der Waals surface area contributed by atoms with E-state index in [1.54, 1.807) is 12.1 Å². The maximum absolute atomic E-state index is 9.27. The molecule has 0 aliphatic rings. The highest BCUT2D eigenvalue weighted by atomic mass is 16.5. The van der Waals surface area contributed by atoms with Crippen LogP contribution >= 0.6 is 0 Å². The molecule has 1 unspecified atom stereocenters. The van der Waals surface area contributed by atoms with E-state index in [4.69, 9.17) is 10.3 Å². The summed E-state index contributed by atoms with van der Waals surface area (Å²) in [5, 5.41) is 13.2. The summed E-state index contributed by atoms with van der Waals surface area (Å²) in [4.78, 5) is 4.34. The Labute approximate surface area is 122 Å². The van der Waals surface area contributed by atoms with Crippen LogP contribution in [0.1, 0.15) is 17.5 Å². The van der Waals surface area contributed by atoms with Crippen molar-refractivity contribution in [1.29, 1.82) is 0 Å². The smallest absolute Gasteiger partial charge is 0.244 e. The van der Waals surface area contributed by atoms with Gasteiger partial charge in [-0.3, -0.25) is 0 Å². The molecule has 0 saturated carbocycles. The number of nitrogens with zero attached hydrogens (tertiary/aromatic N) is 2. The first-order chi connectivity index (χ1) is 10.2. The Hall–Kier alpha value is -2.66. The topological polar surface area (TPSA) is 85.2 Å². The van der Waals surface area contributed by atoms with Crippen molar-refractivity contribution >= 4 is 0 Å². The lowest BCUT2D eigenvalue weighted by atomic mass is 10.1. The van der Waals surface area contributed by atoms with Crippen LogP contribution in [0.5, 0.6) is 5.75 Å². The number of benzene rings is 2. The second-order valence-corrected chi connectivity index (χ2v) is 4.80. The monoisotopic (exact) mass is 281 g/mol. The first-order valence-electron chi connectivity index (χ1n) is 6.65. The van der Waals surface area contributed by atoms with E-state index >= 15 is 0 Å². The number of rotatable bonds is 4. The van der Waals surface area contributed by atoms with Crippen LogP contribution in [0.4, 0.5) is 0 Å². The molecule has 5 nitrogen and oxygen atoms in total.